The van der Waals surface area contributed by atoms with Crippen LogP contribution >= 0.6 is 11.6 Å². The van der Waals surface area contributed by atoms with Gasteiger partial charge in [0.2, 0.25) is 0 Å². The van der Waals surface area contributed by atoms with Crippen molar-refractivity contribution < 1.29 is 22.7 Å². The Balaban J connectivity index is 1.66. The molecule has 166 valence electrons. The number of rotatable bonds is 7. The summed E-state index contributed by atoms with van der Waals surface area (Å²) in [6, 6.07) is 20.5. The van der Waals surface area contributed by atoms with Crippen LogP contribution in [-0.2, 0) is 19.6 Å². The van der Waals surface area contributed by atoms with Crippen molar-refractivity contribution >= 4 is 44.9 Å². The number of ether oxygens (including phenoxy) is 1. The van der Waals surface area contributed by atoms with Crippen LogP contribution in [-0.4, -0.2) is 33.4 Å². The highest BCUT2D eigenvalue weighted by atomic mass is 35.5. The molecular formula is C23H21ClN2O5S. The van der Waals surface area contributed by atoms with Crippen molar-refractivity contribution in [2.75, 3.05) is 16.7 Å². The third-order valence-electron chi connectivity index (χ3n) is 4.61. The van der Waals surface area contributed by atoms with Gasteiger partial charge in [-0.2, -0.15) is 0 Å². The molecule has 0 aromatic heterocycles. The number of amides is 1. The average molecular weight is 473 g/mol. The smallest absolute Gasteiger partial charge is 0.338 e. The lowest BCUT2D eigenvalue weighted by Gasteiger charge is -2.19. The molecule has 1 atom stereocenters. The Kier molecular flexibility index (Phi) is 7.17. The first-order valence-corrected chi connectivity index (χ1v) is 11.4. The van der Waals surface area contributed by atoms with Crippen molar-refractivity contribution in [3.8, 4) is 0 Å². The van der Waals surface area contributed by atoms with E-state index < -0.39 is 28.0 Å². The second-order valence-electron chi connectivity index (χ2n) is 6.88. The van der Waals surface area contributed by atoms with Crippen molar-refractivity contribution in [3.63, 3.8) is 0 Å². The number of hydrogen-bond donors (Lipinski definition) is 1. The Morgan fingerprint density at radius 1 is 0.969 bits per heavy atom. The van der Waals surface area contributed by atoms with Crippen LogP contribution in [0.5, 0.6) is 0 Å². The standard InChI is InChI=1S/C23H21ClN2O5S/c1-16(22(27)25-19-8-6-7-18(24)15-19)31-23(28)17-11-13-21(14-12-17)32(29,30)26(2)20-9-4-3-5-10-20/h3-16H,1-2H3,(H,25,27). The monoisotopic (exact) mass is 472 g/mol. The summed E-state index contributed by atoms with van der Waals surface area (Å²) < 4.78 is 32.0. The lowest BCUT2D eigenvalue weighted by molar-refractivity contribution is -0.123. The first kappa shape index (κ1) is 23.3. The number of halogens is 1. The Morgan fingerprint density at radius 2 is 1.62 bits per heavy atom. The number of carbonyl (C=O) groups is 2. The van der Waals surface area contributed by atoms with Crippen molar-refractivity contribution in [3.05, 3.63) is 89.4 Å². The fourth-order valence-corrected chi connectivity index (χ4v) is 4.18. The van der Waals surface area contributed by atoms with Gasteiger partial charge in [0.1, 0.15) is 0 Å². The largest absolute Gasteiger partial charge is 0.449 e. The zero-order valence-corrected chi connectivity index (χ0v) is 18.9. The predicted octanol–water partition coefficient (Wildman–Crippen LogP) is 4.35. The third-order valence-corrected chi connectivity index (χ3v) is 6.65. The number of hydrogen-bond acceptors (Lipinski definition) is 5. The SMILES string of the molecule is CC(OC(=O)c1ccc(S(=O)(=O)N(C)c2ccccc2)cc1)C(=O)Nc1cccc(Cl)c1. The lowest BCUT2D eigenvalue weighted by Crippen LogP contribution is -2.30. The summed E-state index contributed by atoms with van der Waals surface area (Å²) in [5, 5.41) is 3.07. The van der Waals surface area contributed by atoms with E-state index >= 15 is 0 Å². The molecule has 0 spiro atoms. The summed E-state index contributed by atoms with van der Waals surface area (Å²) >= 11 is 5.89. The number of para-hydroxylation sites is 1. The maximum Gasteiger partial charge on any atom is 0.338 e. The van der Waals surface area contributed by atoms with E-state index in [1.54, 1.807) is 54.6 Å². The highest BCUT2D eigenvalue weighted by Crippen LogP contribution is 2.22. The van der Waals surface area contributed by atoms with Gasteiger partial charge in [-0.25, -0.2) is 13.2 Å². The van der Waals surface area contributed by atoms with Gasteiger partial charge in [0.25, 0.3) is 15.9 Å². The van der Waals surface area contributed by atoms with Gasteiger partial charge in [0.05, 0.1) is 16.1 Å². The number of sulfonamides is 1. The molecule has 0 saturated heterocycles. The van der Waals surface area contributed by atoms with E-state index in [4.69, 9.17) is 16.3 Å². The van der Waals surface area contributed by atoms with E-state index in [1.807, 2.05) is 0 Å². The number of nitrogens with zero attached hydrogens (tertiary/aromatic N) is 1. The molecule has 0 radical (unpaired) electrons. The number of nitrogens with one attached hydrogen (secondary N) is 1. The Hall–Kier alpha value is -3.36. The molecule has 32 heavy (non-hydrogen) atoms. The molecular weight excluding hydrogens is 452 g/mol. The van der Waals surface area contributed by atoms with Gasteiger partial charge in [0, 0.05) is 17.8 Å². The molecule has 0 aliphatic heterocycles. The van der Waals surface area contributed by atoms with Crippen LogP contribution in [0.4, 0.5) is 11.4 Å². The summed E-state index contributed by atoms with van der Waals surface area (Å²) in [5.41, 5.74) is 1.10. The molecule has 0 heterocycles. The maximum atomic E-state index is 12.8. The van der Waals surface area contributed by atoms with Crippen LogP contribution < -0.4 is 9.62 Å². The van der Waals surface area contributed by atoms with E-state index in [0.29, 0.717) is 16.4 Å². The van der Waals surface area contributed by atoms with Gasteiger partial charge in [-0.15, -0.1) is 0 Å². The van der Waals surface area contributed by atoms with Crippen molar-refractivity contribution in [2.45, 2.75) is 17.9 Å². The molecule has 3 aromatic rings. The fourth-order valence-electron chi connectivity index (χ4n) is 2.79. The van der Waals surface area contributed by atoms with E-state index in [9.17, 15) is 18.0 Å². The maximum absolute atomic E-state index is 12.8. The lowest BCUT2D eigenvalue weighted by atomic mass is 10.2. The van der Waals surface area contributed by atoms with Gasteiger partial charge < -0.3 is 10.1 Å². The van der Waals surface area contributed by atoms with Crippen molar-refractivity contribution in [1.29, 1.82) is 0 Å². The first-order chi connectivity index (χ1) is 15.2. The fraction of sp³-hybridized carbons (Fsp3) is 0.130. The van der Waals surface area contributed by atoms with Crippen LogP contribution in [0.3, 0.4) is 0 Å². The minimum atomic E-state index is -3.80. The molecule has 3 rings (SSSR count). The van der Waals surface area contributed by atoms with Crippen LogP contribution in [0.25, 0.3) is 0 Å². The number of carbonyl (C=O) groups excluding carboxylic acids is 2. The molecule has 3 aromatic carbocycles. The van der Waals surface area contributed by atoms with E-state index in [-0.39, 0.29) is 10.5 Å². The molecule has 0 fully saturated rings. The van der Waals surface area contributed by atoms with Crippen LogP contribution in [0.2, 0.25) is 5.02 Å². The molecule has 0 aliphatic rings. The Morgan fingerprint density at radius 3 is 2.25 bits per heavy atom. The number of esters is 1. The summed E-state index contributed by atoms with van der Waals surface area (Å²) in [6.07, 6.45) is -1.07. The topological polar surface area (TPSA) is 92.8 Å². The molecule has 0 saturated carbocycles. The predicted molar refractivity (Wildman–Crippen MR) is 123 cm³/mol. The third kappa shape index (κ3) is 5.46. The second-order valence-corrected chi connectivity index (χ2v) is 9.29. The Labute approximate surface area is 191 Å². The summed E-state index contributed by atoms with van der Waals surface area (Å²) in [6.45, 7) is 1.44. The molecule has 1 unspecified atom stereocenters. The summed E-state index contributed by atoms with van der Waals surface area (Å²) in [5.74, 6) is -1.27. The van der Waals surface area contributed by atoms with Gasteiger partial charge >= 0.3 is 5.97 Å². The van der Waals surface area contributed by atoms with Gasteiger partial charge in [-0.1, -0.05) is 35.9 Å². The van der Waals surface area contributed by atoms with Crippen molar-refractivity contribution in [2.24, 2.45) is 0 Å². The molecule has 7 nitrogen and oxygen atoms in total. The van der Waals surface area contributed by atoms with Crippen LogP contribution in [0, 0.1) is 0 Å². The van der Waals surface area contributed by atoms with Gasteiger partial charge in [0.15, 0.2) is 6.10 Å². The number of benzene rings is 3. The zero-order chi connectivity index (χ0) is 23.3. The van der Waals surface area contributed by atoms with Gasteiger partial charge in [-0.3, -0.25) is 9.10 Å². The molecule has 0 bridgehead atoms. The minimum absolute atomic E-state index is 0.0205. The first-order valence-electron chi connectivity index (χ1n) is 9.60. The normalized spacial score (nSPS) is 12.0. The Bertz CT molecular complexity index is 1210. The van der Waals surface area contributed by atoms with E-state index in [0.717, 1.165) is 4.31 Å². The van der Waals surface area contributed by atoms with Crippen LogP contribution in [0.1, 0.15) is 17.3 Å². The zero-order valence-electron chi connectivity index (χ0n) is 17.4. The molecule has 9 heteroatoms. The number of anilines is 2. The molecule has 0 aliphatic carbocycles. The summed E-state index contributed by atoms with van der Waals surface area (Å²) in [4.78, 5) is 24.7. The van der Waals surface area contributed by atoms with Gasteiger partial charge in [-0.05, 0) is 61.5 Å². The molecule has 1 amide bonds. The summed E-state index contributed by atoms with van der Waals surface area (Å²) in [7, 11) is -2.35. The van der Waals surface area contributed by atoms with Crippen LogP contribution in [0.15, 0.2) is 83.8 Å². The van der Waals surface area contributed by atoms with Crippen molar-refractivity contribution in [1.82, 2.24) is 0 Å². The average Bonchev–Trinajstić information content (AvgIpc) is 2.79. The highest BCUT2D eigenvalue weighted by molar-refractivity contribution is 7.92. The minimum Gasteiger partial charge on any atom is -0.449 e. The highest BCUT2D eigenvalue weighted by Gasteiger charge is 2.23. The second kappa shape index (κ2) is 9.84. The van der Waals surface area contributed by atoms with E-state index in [1.165, 1.54) is 38.2 Å². The van der Waals surface area contributed by atoms with E-state index in [2.05, 4.69) is 5.32 Å². The quantitative estimate of drug-likeness (QED) is 0.516. The molecule has 1 N–H and O–H groups in total.